The second-order valence-corrected chi connectivity index (χ2v) is 5.95. The van der Waals surface area contributed by atoms with Crippen molar-refractivity contribution in [3.8, 4) is 5.75 Å². The molecule has 2 fully saturated rings. The summed E-state index contributed by atoms with van der Waals surface area (Å²) in [5.74, 6) is 0.950. The molecule has 5 nitrogen and oxygen atoms in total. The third-order valence-electron chi connectivity index (χ3n) is 4.48. The number of para-hydroxylation sites is 2. The highest BCUT2D eigenvalue weighted by Gasteiger charge is 2.26. The number of β-amino-alcohol motifs (C(OH)–C–C–N with tert-alkyl or cyclic N) is 1. The van der Waals surface area contributed by atoms with E-state index in [9.17, 15) is 5.11 Å². The van der Waals surface area contributed by atoms with Crippen molar-refractivity contribution in [2.75, 3.05) is 51.3 Å². The van der Waals surface area contributed by atoms with Crippen molar-refractivity contribution < 1.29 is 9.84 Å². The van der Waals surface area contributed by atoms with Gasteiger partial charge in [0.25, 0.3) is 0 Å². The Labute approximate surface area is 126 Å². The predicted molar refractivity (Wildman–Crippen MR) is 84.1 cm³/mol. The van der Waals surface area contributed by atoms with E-state index in [0.29, 0.717) is 6.04 Å². The summed E-state index contributed by atoms with van der Waals surface area (Å²) in [6.45, 7) is 5.95. The van der Waals surface area contributed by atoms with Crippen molar-refractivity contribution in [1.82, 2.24) is 10.2 Å². The van der Waals surface area contributed by atoms with Crippen LogP contribution in [0.3, 0.4) is 0 Å². The van der Waals surface area contributed by atoms with E-state index in [1.807, 2.05) is 12.1 Å². The van der Waals surface area contributed by atoms with E-state index in [1.54, 1.807) is 7.11 Å². The van der Waals surface area contributed by atoms with Gasteiger partial charge in [-0.1, -0.05) is 12.1 Å². The van der Waals surface area contributed by atoms with Crippen LogP contribution in [0.4, 0.5) is 5.69 Å². The normalized spacial score (nSPS) is 27.0. The minimum atomic E-state index is -0.162. The topological polar surface area (TPSA) is 48.0 Å². The highest BCUT2D eigenvalue weighted by atomic mass is 16.5. The van der Waals surface area contributed by atoms with Crippen LogP contribution in [0.5, 0.6) is 5.75 Å². The Kier molecular flexibility index (Phi) is 4.63. The summed E-state index contributed by atoms with van der Waals surface area (Å²) in [7, 11) is 1.73. The summed E-state index contributed by atoms with van der Waals surface area (Å²) in [6.07, 6.45) is 0.720. The van der Waals surface area contributed by atoms with E-state index in [4.69, 9.17) is 4.74 Å². The number of nitrogens with zero attached hydrogens (tertiary/aromatic N) is 2. The molecule has 0 aliphatic carbocycles. The number of hydrogen-bond acceptors (Lipinski definition) is 5. The maximum absolute atomic E-state index is 9.57. The second-order valence-electron chi connectivity index (χ2n) is 5.95. The van der Waals surface area contributed by atoms with Gasteiger partial charge in [0.2, 0.25) is 0 Å². The Morgan fingerprint density at radius 2 is 2.00 bits per heavy atom. The maximum Gasteiger partial charge on any atom is 0.142 e. The lowest BCUT2D eigenvalue weighted by atomic mass is 10.1. The molecule has 5 heteroatoms. The predicted octanol–water partition coefficient (Wildman–Crippen LogP) is 0.540. The molecule has 0 bridgehead atoms. The Morgan fingerprint density at radius 3 is 2.67 bits per heavy atom. The van der Waals surface area contributed by atoms with Crippen molar-refractivity contribution in [1.29, 1.82) is 0 Å². The van der Waals surface area contributed by atoms with Gasteiger partial charge in [-0.05, 0) is 18.6 Å². The minimum Gasteiger partial charge on any atom is -0.495 e. The third-order valence-corrected chi connectivity index (χ3v) is 4.48. The zero-order valence-electron chi connectivity index (χ0n) is 12.7. The monoisotopic (exact) mass is 291 g/mol. The van der Waals surface area contributed by atoms with Crippen LogP contribution in [0.1, 0.15) is 6.42 Å². The van der Waals surface area contributed by atoms with Crippen LogP contribution < -0.4 is 15.0 Å². The van der Waals surface area contributed by atoms with E-state index >= 15 is 0 Å². The molecule has 0 aromatic heterocycles. The van der Waals surface area contributed by atoms with E-state index in [0.717, 1.165) is 51.4 Å². The largest absolute Gasteiger partial charge is 0.495 e. The van der Waals surface area contributed by atoms with Gasteiger partial charge >= 0.3 is 0 Å². The number of ether oxygens (including phenoxy) is 1. The lowest BCUT2D eigenvalue weighted by molar-refractivity contribution is 0.185. The molecule has 2 heterocycles. The molecule has 2 aliphatic rings. The summed E-state index contributed by atoms with van der Waals surface area (Å²) < 4.78 is 5.45. The lowest BCUT2D eigenvalue weighted by Gasteiger charge is -2.37. The highest BCUT2D eigenvalue weighted by Crippen LogP contribution is 2.28. The van der Waals surface area contributed by atoms with Crippen molar-refractivity contribution in [2.45, 2.75) is 18.6 Å². The number of hydrogen-bond donors (Lipinski definition) is 2. The Morgan fingerprint density at radius 1 is 1.24 bits per heavy atom. The number of aliphatic hydroxyl groups excluding tert-OH is 1. The molecule has 1 aromatic carbocycles. The fourth-order valence-electron chi connectivity index (χ4n) is 3.31. The quantitative estimate of drug-likeness (QED) is 0.848. The number of piperazine rings is 1. The van der Waals surface area contributed by atoms with Gasteiger partial charge in [-0.2, -0.15) is 0 Å². The molecule has 0 saturated carbocycles. The molecule has 2 aliphatic heterocycles. The minimum absolute atomic E-state index is 0.162. The molecule has 0 radical (unpaired) electrons. The number of methoxy groups -OCH3 is 1. The van der Waals surface area contributed by atoms with Crippen LogP contribution in [-0.2, 0) is 0 Å². The highest BCUT2D eigenvalue weighted by molar-refractivity contribution is 5.58. The number of aliphatic hydroxyl groups is 1. The number of nitrogens with one attached hydrogen (secondary N) is 1. The van der Waals surface area contributed by atoms with Crippen LogP contribution in [0.25, 0.3) is 0 Å². The van der Waals surface area contributed by atoms with Gasteiger partial charge in [0, 0.05) is 45.3 Å². The zero-order valence-corrected chi connectivity index (χ0v) is 12.7. The van der Waals surface area contributed by atoms with Crippen molar-refractivity contribution in [3.05, 3.63) is 24.3 Å². The Bertz CT molecular complexity index is 461. The van der Waals surface area contributed by atoms with Crippen LogP contribution in [0.2, 0.25) is 0 Å². The average Bonchev–Trinajstić information content (AvgIpc) is 2.93. The third kappa shape index (κ3) is 3.48. The first-order valence-corrected chi connectivity index (χ1v) is 7.78. The van der Waals surface area contributed by atoms with Crippen molar-refractivity contribution >= 4 is 5.69 Å². The molecule has 1 aromatic rings. The molecule has 21 heavy (non-hydrogen) atoms. The standard InChI is InChI=1S/C16H25N3O2/c1-21-16-5-3-2-4-15(16)19-8-6-18(7-9-19)12-13-10-14(20)11-17-13/h2-5,13-14,17,20H,6-12H2,1H3. The zero-order chi connectivity index (χ0) is 14.7. The summed E-state index contributed by atoms with van der Waals surface area (Å²) >= 11 is 0. The Hall–Kier alpha value is -1.30. The summed E-state index contributed by atoms with van der Waals surface area (Å²) in [4.78, 5) is 4.88. The first kappa shape index (κ1) is 14.6. The van der Waals surface area contributed by atoms with Crippen LogP contribution in [0.15, 0.2) is 24.3 Å². The number of anilines is 1. The van der Waals surface area contributed by atoms with Gasteiger partial charge in [0.1, 0.15) is 5.75 Å². The van der Waals surface area contributed by atoms with Gasteiger partial charge in [0.15, 0.2) is 0 Å². The number of benzene rings is 1. The fourth-order valence-corrected chi connectivity index (χ4v) is 3.31. The van der Waals surface area contributed by atoms with Gasteiger partial charge in [-0.15, -0.1) is 0 Å². The molecule has 3 rings (SSSR count). The van der Waals surface area contributed by atoms with Crippen molar-refractivity contribution in [3.63, 3.8) is 0 Å². The summed E-state index contributed by atoms with van der Waals surface area (Å²) in [5, 5.41) is 13.0. The molecule has 2 unspecified atom stereocenters. The SMILES string of the molecule is COc1ccccc1N1CCN(CC2CC(O)CN2)CC1. The van der Waals surface area contributed by atoms with Gasteiger partial charge < -0.3 is 20.1 Å². The fraction of sp³-hybridized carbons (Fsp3) is 0.625. The van der Waals surface area contributed by atoms with Crippen LogP contribution in [-0.4, -0.2) is 68.5 Å². The summed E-state index contributed by atoms with van der Waals surface area (Å²) in [6, 6.07) is 8.66. The van der Waals surface area contributed by atoms with Crippen LogP contribution in [0, 0.1) is 0 Å². The average molecular weight is 291 g/mol. The van der Waals surface area contributed by atoms with E-state index in [1.165, 1.54) is 5.69 Å². The molecule has 0 amide bonds. The Balaban J connectivity index is 1.53. The van der Waals surface area contributed by atoms with Gasteiger partial charge in [0.05, 0.1) is 18.9 Å². The molecule has 0 spiro atoms. The molecule has 2 atom stereocenters. The van der Waals surface area contributed by atoms with Crippen LogP contribution >= 0.6 is 0 Å². The molecular weight excluding hydrogens is 266 g/mol. The number of rotatable bonds is 4. The molecular formula is C16H25N3O2. The van der Waals surface area contributed by atoms with E-state index < -0.39 is 0 Å². The maximum atomic E-state index is 9.57. The van der Waals surface area contributed by atoms with Crippen molar-refractivity contribution in [2.24, 2.45) is 0 Å². The lowest BCUT2D eigenvalue weighted by Crippen LogP contribution is -2.49. The van der Waals surface area contributed by atoms with Gasteiger partial charge in [-0.3, -0.25) is 4.90 Å². The van der Waals surface area contributed by atoms with Gasteiger partial charge in [-0.25, -0.2) is 0 Å². The first-order chi connectivity index (χ1) is 10.3. The first-order valence-electron chi connectivity index (χ1n) is 7.78. The smallest absolute Gasteiger partial charge is 0.142 e. The molecule has 2 N–H and O–H groups in total. The molecule has 116 valence electrons. The summed E-state index contributed by atoms with van der Waals surface area (Å²) in [5.41, 5.74) is 1.19. The molecule has 2 saturated heterocycles. The second kappa shape index (κ2) is 6.64. The van der Waals surface area contributed by atoms with E-state index in [2.05, 4.69) is 27.2 Å². The van der Waals surface area contributed by atoms with E-state index in [-0.39, 0.29) is 6.10 Å².